The third kappa shape index (κ3) is 4.52. The number of aryl methyl sites for hydroxylation is 2. The van der Waals surface area contributed by atoms with Crippen LogP contribution in [-0.2, 0) is 11.2 Å². The van der Waals surface area contributed by atoms with Crippen molar-refractivity contribution in [3.63, 3.8) is 0 Å². The minimum absolute atomic E-state index is 0.0215. The van der Waals surface area contributed by atoms with Gasteiger partial charge < -0.3 is 9.80 Å². The Labute approximate surface area is 131 Å². The Morgan fingerprint density at radius 3 is 2.33 bits per heavy atom. The van der Waals surface area contributed by atoms with Crippen molar-refractivity contribution in [1.29, 1.82) is 0 Å². The molecule has 118 valence electrons. The summed E-state index contributed by atoms with van der Waals surface area (Å²) >= 11 is 1.44. The minimum atomic E-state index is -0.118. The summed E-state index contributed by atoms with van der Waals surface area (Å²) in [6.45, 7) is 9.26. The molecule has 1 aromatic rings. The molecule has 0 aliphatic carbocycles. The Kier molecular flexibility index (Phi) is 6.81. The number of carbonyl (C=O) groups is 2. The number of hydrogen-bond acceptors (Lipinski definition) is 4. The molecular formula is C15H25N3O2S. The van der Waals surface area contributed by atoms with Crippen molar-refractivity contribution in [2.45, 2.75) is 40.5 Å². The molecule has 1 heterocycles. The first-order valence-electron chi connectivity index (χ1n) is 7.44. The van der Waals surface area contributed by atoms with Crippen molar-refractivity contribution < 1.29 is 9.59 Å². The fourth-order valence-electron chi connectivity index (χ4n) is 2.10. The van der Waals surface area contributed by atoms with Crippen LogP contribution in [-0.4, -0.2) is 53.3 Å². The van der Waals surface area contributed by atoms with E-state index in [1.807, 2.05) is 20.8 Å². The highest BCUT2D eigenvalue weighted by atomic mass is 32.1. The zero-order chi connectivity index (χ0) is 16.0. The van der Waals surface area contributed by atoms with E-state index in [1.54, 1.807) is 11.9 Å². The van der Waals surface area contributed by atoms with Gasteiger partial charge >= 0.3 is 0 Å². The van der Waals surface area contributed by atoms with Gasteiger partial charge in [-0.3, -0.25) is 9.59 Å². The van der Waals surface area contributed by atoms with Gasteiger partial charge in [-0.15, -0.1) is 11.3 Å². The van der Waals surface area contributed by atoms with E-state index in [4.69, 9.17) is 0 Å². The number of thiazole rings is 1. The molecule has 0 aliphatic rings. The van der Waals surface area contributed by atoms with Gasteiger partial charge in [0.05, 0.1) is 17.2 Å². The van der Waals surface area contributed by atoms with E-state index in [0.717, 1.165) is 23.5 Å². The molecule has 21 heavy (non-hydrogen) atoms. The quantitative estimate of drug-likeness (QED) is 0.776. The molecule has 0 aliphatic heterocycles. The van der Waals surface area contributed by atoms with Crippen molar-refractivity contribution in [3.8, 4) is 0 Å². The van der Waals surface area contributed by atoms with Gasteiger partial charge in [-0.05, 0) is 33.6 Å². The Hall–Kier alpha value is -1.43. The molecule has 0 bridgehead atoms. The van der Waals surface area contributed by atoms with Crippen LogP contribution in [0.2, 0.25) is 0 Å². The molecule has 2 amide bonds. The third-order valence-corrected chi connectivity index (χ3v) is 4.54. The fourth-order valence-corrected chi connectivity index (χ4v) is 3.26. The molecule has 0 unspecified atom stereocenters. The molecule has 1 aromatic heterocycles. The Balaban J connectivity index is 2.76. The van der Waals surface area contributed by atoms with Crippen LogP contribution in [0, 0.1) is 6.92 Å². The molecule has 5 nitrogen and oxygen atoms in total. The average Bonchev–Trinajstić information content (AvgIpc) is 2.80. The van der Waals surface area contributed by atoms with Crippen LogP contribution < -0.4 is 0 Å². The average molecular weight is 311 g/mol. The van der Waals surface area contributed by atoms with E-state index in [9.17, 15) is 9.59 Å². The van der Waals surface area contributed by atoms with Crippen LogP contribution in [0.3, 0.4) is 0 Å². The maximum atomic E-state index is 12.4. The molecule has 6 heteroatoms. The monoisotopic (exact) mass is 311 g/mol. The smallest absolute Gasteiger partial charge is 0.266 e. The van der Waals surface area contributed by atoms with Crippen molar-refractivity contribution in [3.05, 3.63) is 15.6 Å². The molecule has 1 rings (SSSR count). The summed E-state index contributed by atoms with van der Waals surface area (Å²) in [7, 11) is 1.67. The van der Waals surface area contributed by atoms with Gasteiger partial charge in [-0.2, -0.15) is 0 Å². The summed E-state index contributed by atoms with van der Waals surface area (Å²) in [5, 5.41) is 0.988. The van der Waals surface area contributed by atoms with Gasteiger partial charge in [0, 0.05) is 20.1 Å². The molecule has 0 fully saturated rings. The third-order valence-electron chi connectivity index (χ3n) is 3.33. The number of likely N-dealkylation sites (N-methyl/N-ethyl adjacent to an activating group) is 2. The van der Waals surface area contributed by atoms with Gasteiger partial charge in [0.15, 0.2) is 0 Å². The Morgan fingerprint density at radius 2 is 1.81 bits per heavy atom. The van der Waals surface area contributed by atoms with E-state index < -0.39 is 0 Å². The SMILES string of the molecule is CCCc1nc(C)c(C(=O)N(C)CC(=O)N(CC)CC)s1. The number of nitrogens with zero attached hydrogens (tertiary/aromatic N) is 3. The predicted molar refractivity (Wildman–Crippen MR) is 85.7 cm³/mol. The number of amides is 2. The second kappa shape index (κ2) is 8.12. The van der Waals surface area contributed by atoms with Crippen LogP contribution in [0.5, 0.6) is 0 Å². The largest absolute Gasteiger partial charge is 0.342 e. The molecule has 0 N–H and O–H groups in total. The zero-order valence-electron chi connectivity index (χ0n) is 13.6. The van der Waals surface area contributed by atoms with Crippen LogP contribution in [0.4, 0.5) is 0 Å². The lowest BCUT2D eigenvalue weighted by molar-refractivity contribution is -0.131. The number of aromatic nitrogens is 1. The second-order valence-electron chi connectivity index (χ2n) is 5.00. The first-order valence-corrected chi connectivity index (χ1v) is 8.25. The van der Waals surface area contributed by atoms with Crippen LogP contribution in [0.25, 0.3) is 0 Å². The highest BCUT2D eigenvalue weighted by Gasteiger charge is 2.21. The van der Waals surface area contributed by atoms with Crippen molar-refractivity contribution in [2.24, 2.45) is 0 Å². The summed E-state index contributed by atoms with van der Waals surface area (Å²) in [4.78, 5) is 32.8. The molecule has 0 saturated carbocycles. The lowest BCUT2D eigenvalue weighted by Gasteiger charge is -2.22. The topological polar surface area (TPSA) is 53.5 Å². The summed E-state index contributed by atoms with van der Waals surface area (Å²) in [6.07, 6.45) is 1.90. The maximum absolute atomic E-state index is 12.4. The van der Waals surface area contributed by atoms with Crippen LogP contribution >= 0.6 is 11.3 Å². The lowest BCUT2D eigenvalue weighted by Crippen LogP contribution is -2.41. The van der Waals surface area contributed by atoms with E-state index in [0.29, 0.717) is 18.0 Å². The van der Waals surface area contributed by atoms with Crippen LogP contribution in [0.1, 0.15) is 47.6 Å². The van der Waals surface area contributed by atoms with E-state index in [2.05, 4.69) is 11.9 Å². The molecule has 0 radical (unpaired) electrons. The summed E-state index contributed by atoms with van der Waals surface area (Å²) in [5.41, 5.74) is 0.760. The highest BCUT2D eigenvalue weighted by molar-refractivity contribution is 7.13. The van der Waals surface area contributed by atoms with Crippen molar-refractivity contribution in [2.75, 3.05) is 26.7 Å². The summed E-state index contributed by atoms with van der Waals surface area (Å²) in [5.74, 6) is -0.139. The van der Waals surface area contributed by atoms with E-state index in [-0.39, 0.29) is 18.4 Å². The maximum Gasteiger partial charge on any atom is 0.266 e. The van der Waals surface area contributed by atoms with E-state index in [1.165, 1.54) is 16.2 Å². The number of rotatable bonds is 7. The fraction of sp³-hybridized carbons (Fsp3) is 0.667. The number of hydrogen-bond donors (Lipinski definition) is 0. The zero-order valence-corrected chi connectivity index (χ0v) is 14.4. The van der Waals surface area contributed by atoms with Crippen molar-refractivity contribution in [1.82, 2.24) is 14.8 Å². The van der Waals surface area contributed by atoms with Crippen molar-refractivity contribution >= 4 is 23.2 Å². The van der Waals surface area contributed by atoms with Gasteiger partial charge in [-0.1, -0.05) is 6.92 Å². The Bertz CT molecular complexity index is 495. The Morgan fingerprint density at radius 1 is 1.19 bits per heavy atom. The molecular weight excluding hydrogens is 286 g/mol. The van der Waals surface area contributed by atoms with Gasteiger partial charge in [0.1, 0.15) is 4.88 Å². The summed E-state index contributed by atoms with van der Waals surface area (Å²) in [6, 6.07) is 0. The number of carbonyl (C=O) groups excluding carboxylic acids is 2. The van der Waals surface area contributed by atoms with Gasteiger partial charge in [0.25, 0.3) is 5.91 Å². The van der Waals surface area contributed by atoms with Gasteiger partial charge in [-0.25, -0.2) is 4.98 Å². The van der Waals surface area contributed by atoms with Gasteiger partial charge in [0.2, 0.25) is 5.91 Å². The molecule has 0 saturated heterocycles. The van der Waals surface area contributed by atoms with E-state index >= 15 is 0 Å². The summed E-state index contributed by atoms with van der Waals surface area (Å²) < 4.78 is 0. The first-order chi connectivity index (χ1) is 9.94. The molecule has 0 atom stereocenters. The molecule has 0 spiro atoms. The lowest BCUT2D eigenvalue weighted by atomic mass is 10.3. The first kappa shape index (κ1) is 17.6. The normalized spacial score (nSPS) is 10.5. The second-order valence-corrected chi connectivity index (χ2v) is 6.08. The standard InChI is InChI=1S/C15H25N3O2S/c1-6-9-12-16-11(4)14(21-12)15(20)17(5)10-13(19)18(7-2)8-3/h6-10H2,1-5H3. The molecule has 0 aromatic carbocycles. The van der Waals surface area contributed by atoms with Crippen LogP contribution in [0.15, 0.2) is 0 Å². The minimum Gasteiger partial charge on any atom is -0.342 e. The highest BCUT2D eigenvalue weighted by Crippen LogP contribution is 2.20. The predicted octanol–water partition coefficient (Wildman–Crippen LogP) is 2.34.